The standard InChI is InChI=1S/C26H23N5S/c1-16(17-7-3-2-4-8-17)23-13-20-25(28-15-29-26(20)32-23)31-30-24(18-11-12-18)21-14-27-22-10-6-5-9-19(21)22/h2-10,13-16,18,27H,11-12H2,1H3,(H,28,29,31). The number of anilines is 1. The maximum Gasteiger partial charge on any atom is 0.158 e. The second kappa shape index (κ2) is 7.88. The molecule has 158 valence electrons. The van der Waals surface area contributed by atoms with Crippen molar-refractivity contribution in [3.63, 3.8) is 0 Å². The van der Waals surface area contributed by atoms with Crippen molar-refractivity contribution in [2.24, 2.45) is 11.0 Å². The highest BCUT2D eigenvalue weighted by atomic mass is 32.1. The minimum Gasteiger partial charge on any atom is -0.360 e. The number of nitrogens with one attached hydrogen (secondary N) is 2. The van der Waals surface area contributed by atoms with Gasteiger partial charge >= 0.3 is 0 Å². The average Bonchev–Trinajstić information content (AvgIpc) is 3.43. The van der Waals surface area contributed by atoms with Gasteiger partial charge in [0.1, 0.15) is 11.2 Å². The smallest absolute Gasteiger partial charge is 0.158 e. The lowest BCUT2D eigenvalue weighted by Gasteiger charge is -2.08. The number of hydrazone groups is 1. The van der Waals surface area contributed by atoms with E-state index in [1.807, 2.05) is 0 Å². The van der Waals surface area contributed by atoms with E-state index in [-0.39, 0.29) is 0 Å². The molecule has 0 bridgehead atoms. The van der Waals surface area contributed by atoms with Crippen LogP contribution in [0.25, 0.3) is 21.1 Å². The van der Waals surface area contributed by atoms with E-state index in [1.54, 1.807) is 17.7 Å². The molecule has 2 aromatic carbocycles. The molecule has 0 spiro atoms. The van der Waals surface area contributed by atoms with Gasteiger partial charge in [-0.2, -0.15) is 5.10 Å². The molecule has 1 aliphatic carbocycles. The van der Waals surface area contributed by atoms with Crippen LogP contribution in [0.3, 0.4) is 0 Å². The molecule has 6 rings (SSSR count). The summed E-state index contributed by atoms with van der Waals surface area (Å²) in [5.74, 6) is 1.56. The first-order valence-corrected chi connectivity index (χ1v) is 11.8. The van der Waals surface area contributed by atoms with Crippen LogP contribution in [-0.4, -0.2) is 20.7 Å². The number of aromatic amines is 1. The van der Waals surface area contributed by atoms with E-state index in [1.165, 1.54) is 34.2 Å². The van der Waals surface area contributed by atoms with Crippen LogP contribution in [0.4, 0.5) is 5.82 Å². The number of hydrogen-bond donors (Lipinski definition) is 2. The third kappa shape index (κ3) is 3.46. The predicted octanol–water partition coefficient (Wildman–Crippen LogP) is 6.55. The van der Waals surface area contributed by atoms with Crippen LogP contribution in [0.15, 0.2) is 78.3 Å². The van der Waals surface area contributed by atoms with Crippen molar-refractivity contribution < 1.29 is 0 Å². The summed E-state index contributed by atoms with van der Waals surface area (Å²) >= 11 is 1.72. The highest BCUT2D eigenvalue weighted by molar-refractivity contribution is 7.18. The molecule has 1 unspecified atom stereocenters. The van der Waals surface area contributed by atoms with Crippen molar-refractivity contribution >= 4 is 44.0 Å². The first kappa shape index (κ1) is 19.2. The van der Waals surface area contributed by atoms with Crippen molar-refractivity contribution in [1.82, 2.24) is 15.0 Å². The predicted molar refractivity (Wildman–Crippen MR) is 133 cm³/mol. The van der Waals surface area contributed by atoms with E-state index in [2.05, 4.69) is 94.2 Å². The number of benzene rings is 2. The van der Waals surface area contributed by atoms with E-state index in [9.17, 15) is 0 Å². The van der Waals surface area contributed by atoms with Gasteiger partial charge in [-0.3, -0.25) is 5.43 Å². The molecule has 1 fully saturated rings. The number of rotatable bonds is 6. The van der Waals surface area contributed by atoms with Gasteiger partial charge in [-0.25, -0.2) is 9.97 Å². The molecular formula is C26H23N5S. The SMILES string of the molecule is CC(c1ccccc1)c1cc2c(NN=C(c3c[nH]c4ccccc34)C3CC3)ncnc2s1. The van der Waals surface area contributed by atoms with Gasteiger partial charge in [-0.05, 0) is 30.5 Å². The quantitative estimate of drug-likeness (QED) is 0.234. The van der Waals surface area contributed by atoms with Gasteiger partial charge in [0.15, 0.2) is 5.82 Å². The molecule has 32 heavy (non-hydrogen) atoms. The van der Waals surface area contributed by atoms with Crippen LogP contribution in [0.2, 0.25) is 0 Å². The lowest BCUT2D eigenvalue weighted by atomic mass is 9.99. The lowest BCUT2D eigenvalue weighted by molar-refractivity contribution is 0.949. The maximum absolute atomic E-state index is 4.87. The highest BCUT2D eigenvalue weighted by Crippen LogP contribution is 2.37. The minimum absolute atomic E-state index is 0.306. The van der Waals surface area contributed by atoms with Gasteiger partial charge in [0.05, 0.1) is 11.1 Å². The van der Waals surface area contributed by atoms with Crippen molar-refractivity contribution in [1.29, 1.82) is 0 Å². The topological polar surface area (TPSA) is 66.0 Å². The lowest BCUT2D eigenvalue weighted by Crippen LogP contribution is -2.07. The van der Waals surface area contributed by atoms with Gasteiger partial charge in [0.25, 0.3) is 0 Å². The van der Waals surface area contributed by atoms with E-state index in [4.69, 9.17) is 5.10 Å². The molecule has 0 amide bonds. The fourth-order valence-electron chi connectivity index (χ4n) is 4.21. The summed E-state index contributed by atoms with van der Waals surface area (Å²) in [6, 6.07) is 21.2. The Hall–Kier alpha value is -3.51. The second-order valence-electron chi connectivity index (χ2n) is 8.35. The van der Waals surface area contributed by atoms with Crippen LogP contribution in [0.5, 0.6) is 0 Å². The molecule has 5 nitrogen and oxygen atoms in total. The van der Waals surface area contributed by atoms with E-state index in [0.29, 0.717) is 11.8 Å². The number of nitrogens with zero attached hydrogens (tertiary/aromatic N) is 3. The first-order valence-electron chi connectivity index (χ1n) is 11.0. The molecule has 1 atom stereocenters. The third-order valence-electron chi connectivity index (χ3n) is 6.19. The third-order valence-corrected chi connectivity index (χ3v) is 7.41. The molecular weight excluding hydrogens is 414 g/mol. The summed E-state index contributed by atoms with van der Waals surface area (Å²) in [4.78, 5) is 14.7. The number of aromatic nitrogens is 3. The molecule has 6 heteroatoms. The highest BCUT2D eigenvalue weighted by Gasteiger charge is 2.30. The molecule has 1 saturated carbocycles. The Morgan fingerprint density at radius 3 is 2.72 bits per heavy atom. The number of thiophene rings is 1. The summed E-state index contributed by atoms with van der Waals surface area (Å²) in [7, 11) is 0. The maximum atomic E-state index is 4.87. The Balaban J connectivity index is 1.35. The normalized spacial score (nSPS) is 15.3. The second-order valence-corrected chi connectivity index (χ2v) is 9.42. The molecule has 0 aliphatic heterocycles. The monoisotopic (exact) mass is 437 g/mol. The molecule has 5 aromatic rings. The van der Waals surface area contributed by atoms with Crippen molar-refractivity contribution in [3.05, 3.63) is 89.2 Å². The zero-order chi connectivity index (χ0) is 21.5. The minimum atomic E-state index is 0.306. The summed E-state index contributed by atoms with van der Waals surface area (Å²) in [6.45, 7) is 2.24. The number of H-pyrrole nitrogens is 1. The summed E-state index contributed by atoms with van der Waals surface area (Å²) < 4.78 is 0. The van der Waals surface area contributed by atoms with Gasteiger partial charge in [0.2, 0.25) is 0 Å². The molecule has 1 aliphatic rings. The van der Waals surface area contributed by atoms with Crippen LogP contribution < -0.4 is 5.43 Å². The fraction of sp³-hybridized carbons (Fsp3) is 0.192. The van der Waals surface area contributed by atoms with Crippen LogP contribution in [0, 0.1) is 5.92 Å². The largest absolute Gasteiger partial charge is 0.360 e. The van der Waals surface area contributed by atoms with Gasteiger partial charge < -0.3 is 4.98 Å². The van der Waals surface area contributed by atoms with Crippen molar-refractivity contribution in [2.45, 2.75) is 25.7 Å². The molecule has 3 heterocycles. The zero-order valence-electron chi connectivity index (χ0n) is 17.7. The van der Waals surface area contributed by atoms with Crippen LogP contribution >= 0.6 is 11.3 Å². The molecule has 2 N–H and O–H groups in total. The van der Waals surface area contributed by atoms with Gasteiger partial charge in [-0.1, -0.05) is 55.5 Å². The van der Waals surface area contributed by atoms with Gasteiger partial charge in [-0.15, -0.1) is 11.3 Å². The Kier molecular flexibility index (Phi) is 4.72. The average molecular weight is 438 g/mol. The van der Waals surface area contributed by atoms with Crippen LogP contribution in [0.1, 0.15) is 41.7 Å². The fourth-order valence-corrected chi connectivity index (χ4v) is 5.29. The molecule has 0 radical (unpaired) electrons. The Morgan fingerprint density at radius 2 is 1.88 bits per heavy atom. The van der Waals surface area contributed by atoms with E-state index >= 15 is 0 Å². The Morgan fingerprint density at radius 1 is 1.06 bits per heavy atom. The van der Waals surface area contributed by atoms with Gasteiger partial charge in [0, 0.05) is 39.4 Å². The Labute approximate surface area is 190 Å². The Bertz CT molecular complexity index is 1430. The van der Waals surface area contributed by atoms with Crippen molar-refractivity contribution in [2.75, 3.05) is 5.43 Å². The number of fused-ring (bicyclic) bond motifs is 2. The first-order chi connectivity index (χ1) is 15.8. The molecule has 3 aromatic heterocycles. The molecule has 0 saturated heterocycles. The van der Waals surface area contributed by atoms with Crippen molar-refractivity contribution in [3.8, 4) is 0 Å². The zero-order valence-corrected chi connectivity index (χ0v) is 18.6. The van der Waals surface area contributed by atoms with Crippen LogP contribution in [-0.2, 0) is 0 Å². The number of para-hydroxylation sites is 1. The van der Waals surface area contributed by atoms with E-state index < -0.39 is 0 Å². The summed E-state index contributed by atoms with van der Waals surface area (Å²) in [5, 5.41) is 7.10. The summed E-state index contributed by atoms with van der Waals surface area (Å²) in [5.41, 5.74) is 7.99. The number of hydrogen-bond acceptors (Lipinski definition) is 5. The summed E-state index contributed by atoms with van der Waals surface area (Å²) in [6.07, 6.45) is 6.05. The van der Waals surface area contributed by atoms with E-state index in [0.717, 1.165) is 27.3 Å².